The number of aromatic hydroxyl groups is 1. The van der Waals surface area contributed by atoms with Crippen LogP contribution in [0, 0.1) is 6.92 Å². The lowest BCUT2D eigenvalue weighted by atomic mass is 10.0. The molecule has 0 aliphatic heterocycles. The molecule has 25 heavy (non-hydrogen) atoms. The third-order valence-electron chi connectivity index (χ3n) is 4.67. The summed E-state index contributed by atoms with van der Waals surface area (Å²) >= 11 is 1.97. The Bertz CT molecular complexity index is 738. The summed E-state index contributed by atoms with van der Waals surface area (Å²) in [7, 11) is 0. The predicted octanol–water partition coefficient (Wildman–Crippen LogP) is 5.31. The molecule has 132 valence electrons. The molecule has 1 saturated carbocycles. The quantitative estimate of drug-likeness (QED) is 0.764. The van der Waals surface area contributed by atoms with Crippen molar-refractivity contribution in [3.63, 3.8) is 0 Å². The fraction of sp³-hybridized carbons (Fsp3) is 0.381. The minimum absolute atomic E-state index is 0.114. The van der Waals surface area contributed by atoms with Crippen molar-refractivity contribution < 1.29 is 9.90 Å². The van der Waals surface area contributed by atoms with Crippen molar-refractivity contribution in [2.75, 3.05) is 5.32 Å². The van der Waals surface area contributed by atoms with E-state index in [0.29, 0.717) is 5.56 Å². The highest BCUT2D eigenvalue weighted by Crippen LogP contribution is 2.35. The minimum Gasteiger partial charge on any atom is -0.508 e. The SMILES string of the molecule is Cc1cc(SC2CCCCC2)ccc1NC(=O)Cc1ccccc1O. The number of thioether (sulfide) groups is 1. The fourth-order valence-electron chi connectivity index (χ4n) is 3.25. The molecule has 0 spiro atoms. The van der Waals surface area contributed by atoms with E-state index in [4.69, 9.17) is 0 Å². The smallest absolute Gasteiger partial charge is 0.228 e. The lowest BCUT2D eigenvalue weighted by molar-refractivity contribution is -0.115. The Morgan fingerprint density at radius 1 is 1.16 bits per heavy atom. The molecule has 2 aromatic carbocycles. The molecule has 0 saturated heterocycles. The number of benzene rings is 2. The number of carbonyl (C=O) groups excluding carboxylic acids is 1. The number of carbonyl (C=O) groups is 1. The Labute approximate surface area is 153 Å². The van der Waals surface area contributed by atoms with E-state index in [-0.39, 0.29) is 18.1 Å². The Morgan fingerprint density at radius 3 is 2.64 bits per heavy atom. The van der Waals surface area contributed by atoms with Crippen molar-refractivity contribution in [3.05, 3.63) is 53.6 Å². The third-order valence-corrected chi connectivity index (χ3v) is 6.00. The molecular weight excluding hydrogens is 330 g/mol. The molecule has 0 atom stereocenters. The normalized spacial score (nSPS) is 15.1. The first-order valence-electron chi connectivity index (χ1n) is 8.96. The van der Waals surface area contributed by atoms with E-state index in [0.717, 1.165) is 16.5 Å². The van der Waals surface area contributed by atoms with Gasteiger partial charge in [-0.25, -0.2) is 0 Å². The number of phenols is 1. The molecule has 1 amide bonds. The second kappa shape index (κ2) is 8.43. The number of para-hydroxylation sites is 1. The number of aryl methyl sites for hydroxylation is 1. The number of nitrogens with one attached hydrogen (secondary N) is 1. The van der Waals surface area contributed by atoms with E-state index in [1.807, 2.05) is 30.8 Å². The molecule has 0 bridgehead atoms. The highest BCUT2D eigenvalue weighted by molar-refractivity contribution is 8.00. The third kappa shape index (κ3) is 5.02. The van der Waals surface area contributed by atoms with Crippen LogP contribution in [0.25, 0.3) is 0 Å². The van der Waals surface area contributed by atoms with Gasteiger partial charge in [0.25, 0.3) is 0 Å². The first kappa shape index (κ1) is 17.9. The van der Waals surface area contributed by atoms with Crippen LogP contribution in [0.4, 0.5) is 5.69 Å². The van der Waals surface area contributed by atoms with Crippen molar-refractivity contribution in [1.29, 1.82) is 0 Å². The Balaban J connectivity index is 1.60. The van der Waals surface area contributed by atoms with E-state index >= 15 is 0 Å². The number of amides is 1. The molecule has 2 N–H and O–H groups in total. The van der Waals surface area contributed by atoms with Crippen molar-refractivity contribution >= 4 is 23.4 Å². The van der Waals surface area contributed by atoms with Gasteiger partial charge in [-0.15, -0.1) is 11.8 Å². The molecular formula is C21H25NO2S. The second-order valence-electron chi connectivity index (χ2n) is 6.71. The van der Waals surface area contributed by atoms with Gasteiger partial charge in [-0.1, -0.05) is 37.5 Å². The Kier molecular flexibility index (Phi) is 6.03. The van der Waals surface area contributed by atoms with Crippen LogP contribution in [-0.4, -0.2) is 16.3 Å². The van der Waals surface area contributed by atoms with Crippen molar-refractivity contribution in [2.24, 2.45) is 0 Å². The van der Waals surface area contributed by atoms with Gasteiger partial charge in [-0.2, -0.15) is 0 Å². The molecule has 4 heteroatoms. The number of hydrogen-bond donors (Lipinski definition) is 2. The summed E-state index contributed by atoms with van der Waals surface area (Å²) in [4.78, 5) is 13.5. The summed E-state index contributed by atoms with van der Waals surface area (Å²) in [6.45, 7) is 2.03. The maximum Gasteiger partial charge on any atom is 0.228 e. The van der Waals surface area contributed by atoms with Gasteiger partial charge in [0, 0.05) is 21.4 Å². The van der Waals surface area contributed by atoms with E-state index in [1.54, 1.807) is 18.2 Å². The summed E-state index contributed by atoms with van der Waals surface area (Å²) in [6, 6.07) is 13.2. The van der Waals surface area contributed by atoms with Crippen LogP contribution in [0.3, 0.4) is 0 Å². The molecule has 1 fully saturated rings. The van der Waals surface area contributed by atoms with Gasteiger partial charge in [0.1, 0.15) is 5.75 Å². The molecule has 3 rings (SSSR count). The van der Waals surface area contributed by atoms with Crippen LogP contribution >= 0.6 is 11.8 Å². The fourth-order valence-corrected chi connectivity index (χ4v) is 4.60. The lowest BCUT2D eigenvalue weighted by Crippen LogP contribution is -2.15. The average molecular weight is 356 g/mol. The summed E-state index contributed by atoms with van der Waals surface area (Å²) in [5, 5.41) is 13.5. The summed E-state index contributed by atoms with van der Waals surface area (Å²) in [6.07, 6.45) is 6.85. The second-order valence-corrected chi connectivity index (χ2v) is 8.08. The molecule has 1 aliphatic carbocycles. The van der Waals surface area contributed by atoms with E-state index in [1.165, 1.54) is 37.0 Å². The summed E-state index contributed by atoms with van der Waals surface area (Å²) < 4.78 is 0. The zero-order valence-corrected chi connectivity index (χ0v) is 15.4. The average Bonchev–Trinajstić information content (AvgIpc) is 2.60. The number of phenolic OH excluding ortho intramolecular Hbond substituents is 1. The minimum atomic E-state index is -0.114. The van der Waals surface area contributed by atoms with Crippen LogP contribution < -0.4 is 5.32 Å². The molecule has 0 heterocycles. The Morgan fingerprint density at radius 2 is 1.92 bits per heavy atom. The number of hydrogen-bond acceptors (Lipinski definition) is 3. The monoisotopic (exact) mass is 355 g/mol. The molecule has 1 aliphatic rings. The first-order chi connectivity index (χ1) is 12.1. The zero-order valence-electron chi connectivity index (χ0n) is 14.6. The summed E-state index contributed by atoms with van der Waals surface area (Å²) in [5.41, 5.74) is 2.56. The van der Waals surface area contributed by atoms with Gasteiger partial charge < -0.3 is 10.4 Å². The summed E-state index contributed by atoms with van der Waals surface area (Å²) in [5.74, 6) is 0.0471. The number of anilines is 1. The molecule has 3 nitrogen and oxygen atoms in total. The topological polar surface area (TPSA) is 49.3 Å². The zero-order chi connectivity index (χ0) is 17.6. The molecule has 2 aromatic rings. The van der Waals surface area contributed by atoms with E-state index < -0.39 is 0 Å². The maximum absolute atomic E-state index is 12.3. The predicted molar refractivity (Wildman–Crippen MR) is 104 cm³/mol. The van der Waals surface area contributed by atoms with Crippen LogP contribution in [0.5, 0.6) is 5.75 Å². The highest BCUT2D eigenvalue weighted by Gasteiger charge is 2.15. The van der Waals surface area contributed by atoms with Gasteiger partial charge >= 0.3 is 0 Å². The molecule has 0 unspecified atom stereocenters. The van der Waals surface area contributed by atoms with Crippen LogP contribution in [-0.2, 0) is 11.2 Å². The van der Waals surface area contributed by atoms with Gasteiger partial charge in [0.05, 0.1) is 6.42 Å². The Hall–Kier alpha value is -1.94. The standard InChI is InChI=1S/C21H25NO2S/c1-15-13-18(25-17-8-3-2-4-9-17)11-12-19(15)22-21(24)14-16-7-5-6-10-20(16)23/h5-7,10-13,17,23H,2-4,8-9,14H2,1H3,(H,22,24). The van der Waals surface area contributed by atoms with E-state index in [2.05, 4.69) is 17.4 Å². The van der Waals surface area contributed by atoms with Gasteiger partial charge in [-0.3, -0.25) is 4.79 Å². The van der Waals surface area contributed by atoms with Crippen molar-refractivity contribution in [1.82, 2.24) is 0 Å². The maximum atomic E-state index is 12.3. The van der Waals surface area contributed by atoms with Crippen molar-refractivity contribution in [3.8, 4) is 5.75 Å². The largest absolute Gasteiger partial charge is 0.508 e. The van der Waals surface area contributed by atoms with Crippen LogP contribution in [0.2, 0.25) is 0 Å². The van der Waals surface area contributed by atoms with Crippen LogP contribution in [0.1, 0.15) is 43.2 Å². The first-order valence-corrected chi connectivity index (χ1v) is 9.84. The van der Waals surface area contributed by atoms with Gasteiger partial charge in [0.2, 0.25) is 5.91 Å². The molecule has 0 radical (unpaired) electrons. The van der Waals surface area contributed by atoms with Crippen molar-refractivity contribution in [2.45, 2.75) is 55.6 Å². The van der Waals surface area contributed by atoms with Gasteiger partial charge in [0.15, 0.2) is 0 Å². The highest BCUT2D eigenvalue weighted by atomic mass is 32.2. The number of rotatable bonds is 5. The molecule has 0 aromatic heterocycles. The van der Waals surface area contributed by atoms with Gasteiger partial charge in [-0.05, 0) is 49.6 Å². The van der Waals surface area contributed by atoms with E-state index in [9.17, 15) is 9.90 Å². The lowest BCUT2D eigenvalue weighted by Gasteiger charge is -2.21. The van der Waals surface area contributed by atoms with Crippen LogP contribution in [0.15, 0.2) is 47.4 Å².